The first-order valence-corrected chi connectivity index (χ1v) is 8.71. The van der Waals surface area contributed by atoms with Gasteiger partial charge in [-0.15, -0.1) is 0 Å². The molecule has 7 heteroatoms. The Bertz CT molecular complexity index is 1150. The van der Waals surface area contributed by atoms with Crippen LogP contribution < -0.4 is 9.47 Å². The van der Waals surface area contributed by atoms with Crippen LogP contribution in [0.4, 0.5) is 0 Å². The predicted molar refractivity (Wildman–Crippen MR) is 104 cm³/mol. The number of phenolic OH excluding ortho intramolecular Hbond substituents is 1. The van der Waals surface area contributed by atoms with Gasteiger partial charge >= 0.3 is 0 Å². The number of H-pyrrole nitrogens is 1. The van der Waals surface area contributed by atoms with Crippen molar-refractivity contribution in [1.29, 1.82) is 0 Å². The van der Waals surface area contributed by atoms with E-state index >= 15 is 0 Å². The van der Waals surface area contributed by atoms with E-state index in [1.54, 1.807) is 26.5 Å². The standard InChI is InChI=1S/C19H16BrN3O3/c1-9-6-11-15(18(26-3)17(9)25-2)12-8-21-23-19(12)22-16(11)10-4-5-14(24)13(20)7-10/h4-8,24H,1-3H3,(H,21,22,23). The van der Waals surface area contributed by atoms with Crippen LogP contribution in [-0.2, 0) is 0 Å². The fraction of sp³-hybridized carbons (Fsp3) is 0.158. The number of aryl methyl sites for hydroxylation is 1. The number of phenols is 1. The Morgan fingerprint density at radius 3 is 2.54 bits per heavy atom. The zero-order chi connectivity index (χ0) is 18.4. The van der Waals surface area contributed by atoms with Crippen molar-refractivity contribution in [2.75, 3.05) is 14.2 Å². The van der Waals surface area contributed by atoms with Gasteiger partial charge in [-0.1, -0.05) is 0 Å². The molecule has 0 aliphatic carbocycles. The number of pyridine rings is 1. The number of fused-ring (bicyclic) bond motifs is 3. The third kappa shape index (κ3) is 2.39. The molecule has 4 rings (SSSR count). The number of aromatic hydroxyl groups is 1. The van der Waals surface area contributed by atoms with Gasteiger partial charge < -0.3 is 14.6 Å². The van der Waals surface area contributed by atoms with Gasteiger partial charge in [0.2, 0.25) is 0 Å². The van der Waals surface area contributed by atoms with E-state index in [0.29, 0.717) is 21.6 Å². The summed E-state index contributed by atoms with van der Waals surface area (Å²) in [5, 5.41) is 19.6. The summed E-state index contributed by atoms with van der Waals surface area (Å²) in [4.78, 5) is 4.76. The molecule has 26 heavy (non-hydrogen) atoms. The van der Waals surface area contributed by atoms with Crippen LogP contribution in [0.2, 0.25) is 0 Å². The van der Waals surface area contributed by atoms with Crippen LogP contribution in [0.5, 0.6) is 17.2 Å². The van der Waals surface area contributed by atoms with Gasteiger partial charge in [0.05, 0.1) is 36.0 Å². The SMILES string of the molecule is COc1c(C)cc2c(-c3ccc(O)c(Br)c3)nc3[nH]ncc3c2c1OC. The minimum Gasteiger partial charge on any atom is -0.507 e. The van der Waals surface area contributed by atoms with Gasteiger partial charge in [0.25, 0.3) is 0 Å². The third-order valence-electron chi connectivity index (χ3n) is 4.42. The molecule has 0 spiro atoms. The molecule has 2 N–H and O–H groups in total. The Balaban J connectivity index is 2.19. The van der Waals surface area contributed by atoms with Crippen molar-refractivity contribution < 1.29 is 14.6 Å². The highest BCUT2D eigenvalue weighted by atomic mass is 79.9. The van der Waals surface area contributed by atoms with Gasteiger partial charge in [0, 0.05) is 16.3 Å². The molecule has 0 unspecified atom stereocenters. The number of hydrogen-bond acceptors (Lipinski definition) is 5. The summed E-state index contributed by atoms with van der Waals surface area (Å²) >= 11 is 3.37. The zero-order valence-corrected chi connectivity index (χ0v) is 16.0. The molecule has 2 heterocycles. The fourth-order valence-electron chi connectivity index (χ4n) is 3.27. The second-order valence-corrected chi connectivity index (χ2v) is 6.80. The number of methoxy groups -OCH3 is 2. The van der Waals surface area contributed by atoms with Crippen LogP contribution in [0.25, 0.3) is 33.1 Å². The van der Waals surface area contributed by atoms with E-state index in [0.717, 1.165) is 33.0 Å². The van der Waals surface area contributed by atoms with E-state index in [-0.39, 0.29) is 5.75 Å². The fourth-order valence-corrected chi connectivity index (χ4v) is 3.64. The first kappa shape index (κ1) is 16.7. The molecule has 0 aliphatic heterocycles. The predicted octanol–water partition coefficient (Wildman–Crippen LogP) is 4.57. The van der Waals surface area contributed by atoms with E-state index in [1.165, 1.54) is 0 Å². The average molecular weight is 414 g/mol. The highest BCUT2D eigenvalue weighted by molar-refractivity contribution is 9.10. The lowest BCUT2D eigenvalue weighted by molar-refractivity contribution is 0.356. The topological polar surface area (TPSA) is 80.3 Å². The molecule has 0 radical (unpaired) electrons. The van der Waals surface area contributed by atoms with Gasteiger partial charge in [-0.2, -0.15) is 5.10 Å². The summed E-state index contributed by atoms with van der Waals surface area (Å²) in [6.45, 7) is 1.97. The normalized spacial score (nSPS) is 11.2. The van der Waals surface area contributed by atoms with Crippen molar-refractivity contribution in [3.63, 3.8) is 0 Å². The number of ether oxygens (including phenoxy) is 2. The highest BCUT2D eigenvalue weighted by Crippen LogP contribution is 2.44. The largest absolute Gasteiger partial charge is 0.507 e. The first-order chi connectivity index (χ1) is 12.5. The Morgan fingerprint density at radius 1 is 1.08 bits per heavy atom. The number of halogens is 1. The molecule has 0 amide bonds. The average Bonchev–Trinajstić information content (AvgIpc) is 3.10. The molecule has 2 aromatic carbocycles. The number of nitrogens with zero attached hydrogens (tertiary/aromatic N) is 2. The smallest absolute Gasteiger partial charge is 0.169 e. The molecule has 0 aliphatic rings. The van der Waals surface area contributed by atoms with E-state index in [9.17, 15) is 5.11 Å². The maximum Gasteiger partial charge on any atom is 0.169 e. The van der Waals surface area contributed by atoms with Crippen molar-refractivity contribution in [2.45, 2.75) is 6.92 Å². The van der Waals surface area contributed by atoms with E-state index in [1.807, 2.05) is 25.1 Å². The summed E-state index contributed by atoms with van der Waals surface area (Å²) < 4.78 is 11.9. The third-order valence-corrected chi connectivity index (χ3v) is 5.05. The highest BCUT2D eigenvalue weighted by Gasteiger charge is 2.20. The summed E-state index contributed by atoms with van der Waals surface area (Å²) in [5.41, 5.74) is 3.23. The number of rotatable bonds is 3. The summed E-state index contributed by atoms with van der Waals surface area (Å²) in [7, 11) is 3.25. The van der Waals surface area contributed by atoms with Crippen molar-refractivity contribution in [3.8, 4) is 28.5 Å². The Hall–Kier alpha value is -2.80. The quantitative estimate of drug-likeness (QED) is 0.513. The van der Waals surface area contributed by atoms with Crippen LogP contribution in [-0.4, -0.2) is 34.5 Å². The maximum absolute atomic E-state index is 9.82. The number of aromatic nitrogens is 3. The van der Waals surface area contributed by atoms with Crippen LogP contribution in [0.3, 0.4) is 0 Å². The molecule has 6 nitrogen and oxygen atoms in total. The molecular formula is C19H16BrN3O3. The van der Waals surface area contributed by atoms with Gasteiger partial charge in [0.1, 0.15) is 5.75 Å². The van der Waals surface area contributed by atoms with Gasteiger partial charge in [-0.05, 0) is 52.7 Å². The molecule has 2 aromatic heterocycles. The molecule has 0 saturated heterocycles. The van der Waals surface area contributed by atoms with Crippen LogP contribution in [0.15, 0.2) is 34.9 Å². The van der Waals surface area contributed by atoms with Gasteiger partial charge in [-0.3, -0.25) is 5.10 Å². The van der Waals surface area contributed by atoms with Crippen LogP contribution in [0, 0.1) is 6.92 Å². The molecule has 0 atom stereocenters. The molecule has 132 valence electrons. The summed E-state index contributed by atoms with van der Waals surface area (Å²) in [6, 6.07) is 7.34. The number of hydrogen-bond donors (Lipinski definition) is 2. The number of aromatic amines is 1. The lowest BCUT2D eigenvalue weighted by Gasteiger charge is -2.16. The van der Waals surface area contributed by atoms with Crippen LogP contribution in [0.1, 0.15) is 5.56 Å². The van der Waals surface area contributed by atoms with E-state index in [4.69, 9.17) is 14.5 Å². The van der Waals surface area contributed by atoms with E-state index < -0.39 is 0 Å². The van der Waals surface area contributed by atoms with Crippen molar-refractivity contribution >= 4 is 37.7 Å². The molecule has 0 fully saturated rings. The first-order valence-electron chi connectivity index (χ1n) is 7.92. The summed E-state index contributed by atoms with van der Waals surface area (Å²) in [6.07, 6.45) is 1.73. The Morgan fingerprint density at radius 2 is 1.85 bits per heavy atom. The Labute approximate surface area is 157 Å². The van der Waals surface area contributed by atoms with Gasteiger partial charge in [0.15, 0.2) is 17.1 Å². The van der Waals surface area contributed by atoms with Crippen LogP contribution >= 0.6 is 15.9 Å². The maximum atomic E-state index is 9.82. The second-order valence-electron chi connectivity index (χ2n) is 5.94. The van der Waals surface area contributed by atoms with E-state index in [2.05, 4.69) is 26.1 Å². The summed E-state index contributed by atoms with van der Waals surface area (Å²) in [5.74, 6) is 1.51. The molecule has 0 bridgehead atoms. The Kier molecular flexibility index (Phi) is 3.96. The molecular weight excluding hydrogens is 398 g/mol. The minimum atomic E-state index is 0.177. The zero-order valence-electron chi connectivity index (χ0n) is 14.4. The lowest BCUT2D eigenvalue weighted by Crippen LogP contribution is -1.97. The van der Waals surface area contributed by atoms with Gasteiger partial charge in [-0.25, -0.2) is 4.98 Å². The molecule has 0 saturated carbocycles. The van der Waals surface area contributed by atoms with Crippen molar-refractivity contribution in [3.05, 3.63) is 40.5 Å². The number of benzene rings is 2. The van der Waals surface area contributed by atoms with Crippen molar-refractivity contribution in [1.82, 2.24) is 15.2 Å². The van der Waals surface area contributed by atoms with Crippen molar-refractivity contribution in [2.24, 2.45) is 0 Å². The minimum absolute atomic E-state index is 0.177. The lowest BCUT2D eigenvalue weighted by atomic mass is 9.98. The number of nitrogens with one attached hydrogen (secondary N) is 1. The molecule has 4 aromatic rings. The monoisotopic (exact) mass is 413 g/mol. The second kappa shape index (κ2) is 6.17.